The van der Waals surface area contributed by atoms with Crippen LogP contribution in [0, 0.1) is 0 Å². The van der Waals surface area contributed by atoms with Crippen LogP contribution in [-0.2, 0) is 14.3 Å². The summed E-state index contributed by atoms with van der Waals surface area (Å²) in [5, 5.41) is 2.75. The summed E-state index contributed by atoms with van der Waals surface area (Å²) in [6.07, 6.45) is 0.0238. The monoisotopic (exact) mass is 233 g/mol. The second kappa shape index (κ2) is 4.03. The fraction of sp³-hybridized carbons (Fsp3) is 1.00. The van der Waals surface area contributed by atoms with Gasteiger partial charge in [-0.3, -0.25) is 4.18 Å². The Hall–Kier alpha value is -0.340. The first kappa shape index (κ1) is 11.7. The van der Waals surface area contributed by atoms with Gasteiger partial charge >= 0.3 is 15.6 Å². The standard InChI is InChI=1S/C6H10F3NO3S/c7-6(8,9)14(11,12)13-5-2-1-3-10-4-5/h5,10H,1-4H2/t5-/m0/s1. The number of rotatable bonds is 2. The maximum absolute atomic E-state index is 11.9. The first-order chi connectivity index (χ1) is 6.33. The minimum atomic E-state index is -5.44. The number of piperidine rings is 1. The molecule has 1 atom stereocenters. The van der Waals surface area contributed by atoms with Crippen molar-refractivity contribution in [3.05, 3.63) is 0 Å². The molecule has 1 rings (SSSR count). The summed E-state index contributed by atoms with van der Waals surface area (Å²) in [5.74, 6) is 0. The van der Waals surface area contributed by atoms with Crippen molar-refractivity contribution in [3.8, 4) is 0 Å². The normalized spacial score (nSPS) is 24.9. The Morgan fingerprint density at radius 3 is 2.43 bits per heavy atom. The zero-order chi connectivity index (χ0) is 10.8. The summed E-state index contributed by atoms with van der Waals surface area (Å²) in [6.45, 7) is 0.807. The van der Waals surface area contributed by atoms with Crippen molar-refractivity contribution in [2.45, 2.75) is 24.5 Å². The van der Waals surface area contributed by atoms with E-state index in [2.05, 4.69) is 9.50 Å². The predicted molar refractivity (Wildman–Crippen MR) is 42.0 cm³/mol. The first-order valence-corrected chi connectivity index (χ1v) is 5.44. The first-order valence-electron chi connectivity index (χ1n) is 4.03. The SMILES string of the molecule is O=S(=O)(O[C@H]1CCCNC1)C(F)(F)F. The number of hydrogen-bond donors (Lipinski definition) is 1. The Bertz CT molecular complexity index is 281. The molecule has 0 radical (unpaired) electrons. The Morgan fingerprint density at radius 2 is 2.00 bits per heavy atom. The van der Waals surface area contributed by atoms with Gasteiger partial charge in [0.05, 0.1) is 6.10 Å². The van der Waals surface area contributed by atoms with Gasteiger partial charge in [0, 0.05) is 6.54 Å². The van der Waals surface area contributed by atoms with Crippen LogP contribution in [0.5, 0.6) is 0 Å². The van der Waals surface area contributed by atoms with Gasteiger partial charge in [0.25, 0.3) is 0 Å². The third-order valence-corrected chi connectivity index (χ3v) is 2.89. The van der Waals surface area contributed by atoms with E-state index in [1.165, 1.54) is 0 Å². The van der Waals surface area contributed by atoms with Crippen molar-refractivity contribution in [1.82, 2.24) is 5.32 Å². The number of alkyl halides is 3. The summed E-state index contributed by atoms with van der Waals surface area (Å²) in [5.41, 5.74) is -5.33. The van der Waals surface area contributed by atoms with Crippen LogP contribution in [-0.4, -0.2) is 33.1 Å². The molecule has 1 heterocycles. The minimum Gasteiger partial charge on any atom is -0.314 e. The molecule has 4 nitrogen and oxygen atoms in total. The highest BCUT2D eigenvalue weighted by atomic mass is 32.2. The van der Waals surface area contributed by atoms with Crippen molar-refractivity contribution < 1.29 is 25.8 Å². The highest BCUT2D eigenvalue weighted by Crippen LogP contribution is 2.26. The second-order valence-electron chi connectivity index (χ2n) is 2.96. The molecule has 1 aliphatic heterocycles. The lowest BCUT2D eigenvalue weighted by atomic mass is 10.1. The fourth-order valence-electron chi connectivity index (χ4n) is 1.14. The molecule has 0 saturated carbocycles. The Morgan fingerprint density at radius 1 is 1.36 bits per heavy atom. The van der Waals surface area contributed by atoms with Crippen molar-refractivity contribution in [3.63, 3.8) is 0 Å². The van der Waals surface area contributed by atoms with Crippen LogP contribution >= 0.6 is 0 Å². The van der Waals surface area contributed by atoms with Crippen molar-refractivity contribution in [2.24, 2.45) is 0 Å². The third-order valence-electron chi connectivity index (χ3n) is 1.80. The van der Waals surface area contributed by atoms with E-state index >= 15 is 0 Å². The molecule has 1 N–H and O–H groups in total. The molecular weight excluding hydrogens is 223 g/mol. The van der Waals surface area contributed by atoms with Gasteiger partial charge in [0.15, 0.2) is 0 Å². The second-order valence-corrected chi connectivity index (χ2v) is 4.53. The summed E-state index contributed by atoms with van der Waals surface area (Å²) < 4.78 is 60.7. The van der Waals surface area contributed by atoms with Crippen molar-refractivity contribution >= 4 is 10.1 Å². The number of nitrogens with one attached hydrogen (secondary N) is 1. The molecule has 0 spiro atoms. The molecule has 0 bridgehead atoms. The van der Waals surface area contributed by atoms with Gasteiger partial charge < -0.3 is 5.32 Å². The molecule has 0 aliphatic carbocycles. The molecule has 1 aliphatic rings. The molecular formula is C6H10F3NO3S. The van der Waals surface area contributed by atoms with E-state index in [0.717, 1.165) is 0 Å². The lowest BCUT2D eigenvalue weighted by Gasteiger charge is -2.22. The van der Waals surface area contributed by atoms with E-state index in [1.54, 1.807) is 0 Å². The quantitative estimate of drug-likeness (QED) is 0.560. The van der Waals surface area contributed by atoms with E-state index in [-0.39, 0.29) is 6.54 Å². The molecule has 0 unspecified atom stereocenters. The van der Waals surface area contributed by atoms with Crippen LogP contribution in [0.15, 0.2) is 0 Å². The summed E-state index contributed by atoms with van der Waals surface area (Å²) in [4.78, 5) is 0. The molecule has 0 aromatic rings. The van der Waals surface area contributed by atoms with Crippen LogP contribution in [0.4, 0.5) is 13.2 Å². The van der Waals surface area contributed by atoms with Gasteiger partial charge in [0.1, 0.15) is 0 Å². The average Bonchev–Trinajstić information content (AvgIpc) is 2.03. The Balaban J connectivity index is 2.58. The largest absolute Gasteiger partial charge is 0.523 e. The Kier molecular flexibility index (Phi) is 3.38. The topological polar surface area (TPSA) is 55.4 Å². The smallest absolute Gasteiger partial charge is 0.314 e. The van der Waals surface area contributed by atoms with Crippen molar-refractivity contribution in [2.75, 3.05) is 13.1 Å². The molecule has 0 amide bonds. The van der Waals surface area contributed by atoms with Crippen LogP contribution < -0.4 is 5.32 Å². The van der Waals surface area contributed by atoms with Gasteiger partial charge in [0.2, 0.25) is 0 Å². The zero-order valence-corrected chi connectivity index (χ0v) is 7.99. The lowest BCUT2D eigenvalue weighted by Crippen LogP contribution is -2.39. The molecule has 1 fully saturated rings. The van der Waals surface area contributed by atoms with E-state index < -0.39 is 21.7 Å². The van der Waals surface area contributed by atoms with E-state index in [9.17, 15) is 21.6 Å². The van der Waals surface area contributed by atoms with Crippen molar-refractivity contribution in [1.29, 1.82) is 0 Å². The van der Waals surface area contributed by atoms with E-state index in [4.69, 9.17) is 0 Å². The van der Waals surface area contributed by atoms with Gasteiger partial charge in [-0.25, -0.2) is 0 Å². The van der Waals surface area contributed by atoms with Gasteiger partial charge in [-0.2, -0.15) is 21.6 Å². The third kappa shape index (κ3) is 2.82. The Labute approximate surface area is 79.6 Å². The molecule has 8 heteroatoms. The van der Waals surface area contributed by atoms with Crippen LogP contribution in [0.2, 0.25) is 0 Å². The maximum Gasteiger partial charge on any atom is 0.523 e. The fourth-order valence-corrected chi connectivity index (χ4v) is 1.77. The molecule has 84 valence electrons. The average molecular weight is 233 g/mol. The highest BCUT2D eigenvalue weighted by molar-refractivity contribution is 7.87. The minimum absolute atomic E-state index is 0.134. The van der Waals surface area contributed by atoms with Crippen LogP contribution in [0.25, 0.3) is 0 Å². The van der Waals surface area contributed by atoms with Gasteiger partial charge in [-0.15, -0.1) is 0 Å². The zero-order valence-electron chi connectivity index (χ0n) is 7.17. The number of halogens is 3. The molecule has 1 saturated heterocycles. The molecule has 14 heavy (non-hydrogen) atoms. The predicted octanol–water partition coefficient (Wildman–Crippen LogP) is 0.605. The van der Waals surface area contributed by atoms with Gasteiger partial charge in [-0.1, -0.05) is 0 Å². The summed E-state index contributed by atoms with van der Waals surface area (Å²) in [6, 6.07) is 0. The van der Waals surface area contributed by atoms with Crippen LogP contribution in [0.3, 0.4) is 0 Å². The lowest BCUT2D eigenvalue weighted by molar-refractivity contribution is -0.0579. The van der Waals surface area contributed by atoms with E-state index in [1.807, 2.05) is 0 Å². The summed E-state index contributed by atoms with van der Waals surface area (Å²) in [7, 11) is -5.44. The van der Waals surface area contributed by atoms with Gasteiger partial charge in [-0.05, 0) is 19.4 Å². The maximum atomic E-state index is 11.9. The highest BCUT2D eigenvalue weighted by Gasteiger charge is 2.48. The number of hydrogen-bond acceptors (Lipinski definition) is 4. The molecule has 0 aromatic heterocycles. The summed E-state index contributed by atoms with van der Waals surface area (Å²) >= 11 is 0. The van der Waals surface area contributed by atoms with E-state index in [0.29, 0.717) is 19.4 Å². The van der Waals surface area contributed by atoms with Crippen LogP contribution in [0.1, 0.15) is 12.8 Å². The molecule has 0 aromatic carbocycles.